The first kappa shape index (κ1) is 16.3. The van der Waals surface area contributed by atoms with E-state index in [4.69, 9.17) is 17.3 Å². The Balaban J connectivity index is 2.65. The van der Waals surface area contributed by atoms with E-state index in [9.17, 15) is 9.59 Å². The highest BCUT2D eigenvalue weighted by molar-refractivity contribution is 6.33. The molecule has 7 heteroatoms. The highest BCUT2D eigenvalue weighted by atomic mass is 35.5. The molecule has 4 N–H and O–H groups in total. The zero-order chi connectivity index (χ0) is 15.3. The lowest BCUT2D eigenvalue weighted by molar-refractivity contribution is -0.124. The number of halogens is 1. The number of amides is 2. The number of carbonyl (C=O) groups is 2. The Morgan fingerprint density at radius 3 is 2.65 bits per heavy atom. The molecule has 0 fully saturated rings. The molecule has 0 heterocycles. The fourth-order valence-electron chi connectivity index (χ4n) is 1.51. The van der Waals surface area contributed by atoms with Gasteiger partial charge in [0.2, 0.25) is 11.8 Å². The average molecular weight is 299 g/mol. The van der Waals surface area contributed by atoms with E-state index in [1.54, 1.807) is 44.1 Å². The highest BCUT2D eigenvalue weighted by Gasteiger charge is 2.19. The van der Waals surface area contributed by atoms with Crippen molar-refractivity contribution in [1.29, 1.82) is 0 Å². The number of nitrogen functional groups attached to an aromatic ring is 1. The third-order valence-electron chi connectivity index (χ3n) is 2.98. The molecule has 0 saturated carbocycles. The van der Waals surface area contributed by atoms with Gasteiger partial charge in [-0.25, -0.2) is 0 Å². The topological polar surface area (TPSA) is 87.5 Å². The van der Waals surface area contributed by atoms with Crippen molar-refractivity contribution in [2.75, 3.05) is 31.7 Å². The van der Waals surface area contributed by atoms with Gasteiger partial charge in [-0.15, -0.1) is 0 Å². The second kappa shape index (κ2) is 7.12. The van der Waals surface area contributed by atoms with Crippen molar-refractivity contribution in [3.63, 3.8) is 0 Å². The summed E-state index contributed by atoms with van der Waals surface area (Å²) in [7, 11) is 3.26. The molecule has 110 valence electrons. The molecule has 1 rings (SSSR count). The molecule has 2 amide bonds. The first-order valence-electron chi connectivity index (χ1n) is 6.12. The number of carbonyl (C=O) groups excluding carboxylic acids is 2. The maximum Gasteiger partial charge on any atom is 0.241 e. The third kappa shape index (κ3) is 4.40. The molecular formula is C13H19ClN4O2. The monoisotopic (exact) mass is 298 g/mol. The van der Waals surface area contributed by atoms with E-state index in [0.29, 0.717) is 16.4 Å². The number of hydrogen-bond acceptors (Lipinski definition) is 4. The van der Waals surface area contributed by atoms with E-state index in [1.807, 2.05) is 0 Å². The number of benzene rings is 1. The number of rotatable bonds is 5. The molecular weight excluding hydrogens is 280 g/mol. The Morgan fingerprint density at radius 2 is 2.10 bits per heavy atom. The minimum atomic E-state index is -0.454. The van der Waals surface area contributed by atoms with Crippen molar-refractivity contribution in [2.45, 2.75) is 13.0 Å². The highest BCUT2D eigenvalue weighted by Crippen LogP contribution is 2.22. The summed E-state index contributed by atoms with van der Waals surface area (Å²) in [6.07, 6.45) is 0. The van der Waals surface area contributed by atoms with Gasteiger partial charge in [-0.05, 0) is 32.2 Å². The number of likely N-dealkylation sites (N-methyl/N-ethyl adjacent to an activating group) is 2. The molecule has 0 aliphatic rings. The summed E-state index contributed by atoms with van der Waals surface area (Å²) >= 11 is 5.81. The smallest absolute Gasteiger partial charge is 0.241 e. The normalized spacial score (nSPS) is 12.1. The van der Waals surface area contributed by atoms with Crippen LogP contribution in [0.25, 0.3) is 0 Å². The Labute approximate surface area is 123 Å². The molecule has 20 heavy (non-hydrogen) atoms. The van der Waals surface area contributed by atoms with Gasteiger partial charge in [-0.2, -0.15) is 0 Å². The summed E-state index contributed by atoms with van der Waals surface area (Å²) in [5, 5.41) is 5.68. The average Bonchev–Trinajstić information content (AvgIpc) is 2.41. The number of nitrogens with zero attached hydrogens (tertiary/aromatic N) is 1. The molecule has 0 saturated heterocycles. The number of nitrogens with one attached hydrogen (secondary N) is 2. The van der Waals surface area contributed by atoms with Crippen LogP contribution >= 0.6 is 11.6 Å². The Bertz CT molecular complexity index is 507. The standard InChI is InChI=1S/C13H19ClN4O2/c1-8(18(3)7-12(19)16-2)13(20)17-9-4-5-10(14)11(15)6-9/h4-6,8H,7,15H2,1-3H3,(H,16,19)(H,17,20). The van der Waals surface area contributed by atoms with E-state index in [1.165, 1.54) is 0 Å². The summed E-state index contributed by atoms with van der Waals surface area (Å²) in [5.41, 5.74) is 6.64. The maximum absolute atomic E-state index is 12.1. The molecule has 6 nitrogen and oxygen atoms in total. The van der Waals surface area contributed by atoms with Crippen LogP contribution in [-0.2, 0) is 9.59 Å². The molecule has 1 atom stereocenters. The number of hydrogen-bond donors (Lipinski definition) is 3. The lowest BCUT2D eigenvalue weighted by Crippen LogP contribution is -2.44. The van der Waals surface area contributed by atoms with Crippen LogP contribution in [0, 0.1) is 0 Å². The van der Waals surface area contributed by atoms with Crippen LogP contribution in [0.5, 0.6) is 0 Å². The zero-order valence-electron chi connectivity index (χ0n) is 11.7. The van der Waals surface area contributed by atoms with Crippen LogP contribution in [0.2, 0.25) is 5.02 Å². The molecule has 0 aliphatic heterocycles. The lowest BCUT2D eigenvalue weighted by Gasteiger charge is -2.23. The van der Waals surface area contributed by atoms with Crippen LogP contribution in [0.3, 0.4) is 0 Å². The van der Waals surface area contributed by atoms with E-state index < -0.39 is 6.04 Å². The predicted octanol–water partition coefficient (Wildman–Crippen LogP) is 0.927. The quantitative estimate of drug-likeness (QED) is 0.706. The molecule has 1 aromatic rings. The predicted molar refractivity (Wildman–Crippen MR) is 80.7 cm³/mol. The van der Waals surface area contributed by atoms with Gasteiger partial charge in [0.25, 0.3) is 0 Å². The van der Waals surface area contributed by atoms with Crippen molar-refractivity contribution >= 4 is 34.8 Å². The zero-order valence-corrected chi connectivity index (χ0v) is 12.5. The van der Waals surface area contributed by atoms with Crippen molar-refractivity contribution in [3.05, 3.63) is 23.2 Å². The van der Waals surface area contributed by atoms with Gasteiger partial charge in [-0.3, -0.25) is 14.5 Å². The minimum Gasteiger partial charge on any atom is -0.397 e. The lowest BCUT2D eigenvalue weighted by atomic mass is 10.2. The second-order valence-electron chi connectivity index (χ2n) is 4.49. The van der Waals surface area contributed by atoms with Crippen molar-refractivity contribution < 1.29 is 9.59 Å². The molecule has 0 spiro atoms. The second-order valence-corrected chi connectivity index (χ2v) is 4.90. The van der Waals surface area contributed by atoms with Crippen LogP contribution in [-0.4, -0.2) is 43.4 Å². The molecule has 1 unspecified atom stereocenters. The summed E-state index contributed by atoms with van der Waals surface area (Å²) in [6.45, 7) is 1.87. The van der Waals surface area contributed by atoms with Gasteiger partial charge in [0.1, 0.15) is 0 Å². The number of anilines is 2. The van der Waals surface area contributed by atoms with E-state index in [-0.39, 0.29) is 18.4 Å². The van der Waals surface area contributed by atoms with E-state index in [2.05, 4.69) is 10.6 Å². The first-order chi connectivity index (χ1) is 9.35. The molecule has 1 aromatic carbocycles. The summed E-state index contributed by atoms with van der Waals surface area (Å²) in [6, 6.07) is 4.42. The first-order valence-corrected chi connectivity index (χ1v) is 6.49. The van der Waals surface area contributed by atoms with Crippen molar-refractivity contribution in [1.82, 2.24) is 10.2 Å². The van der Waals surface area contributed by atoms with E-state index in [0.717, 1.165) is 0 Å². The molecule has 0 bridgehead atoms. The molecule has 0 radical (unpaired) electrons. The fraction of sp³-hybridized carbons (Fsp3) is 0.385. The van der Waals surface area contributed by atoms with Gasteiger partial charge in [0.05, 0.1) is 23.3 Å². The van der Waals surface area contributed by atoms with E-state index >= 15 is 0 Å². The van der Waals surface area contributed by atoms with Gasteiger partial charge < -0.3 is 16.4 Å². The summed E-state index contributed by atoms with van der Waals surface area (Å²) < 4.78 is 0. The SMILES string of the molecule is CNC(=O)CN(C)C(C)C(=O)Nc1ccc(Cl)c(N)c1. The van der Waals surface area contributed by atoms with Crippen molar-refractivity contribution in [3.8, 4) is 0 Å². The maximum atomic E-state index is 12.1. The fourth-order valence-corrected chi connectivity index (χ4v) is 1.63. The summed E-state index contributed by atoms with van der Waals surface area (Å²) in [4.78, 5) is 25.0. The van der Waals surface area contributed by atoms with Crippen molar-refractivity contribution in [2.24, 2.45) is 0 Å². The third-order valence-corrected chi connectivity index (χ3v) is 3.32. The van der Waals surface area contributed by atoms with Crippen LogP contribution in [0.15, 0.2) is 18.2 Å². The molecule has 0 aliphatic carbocycles. The van der Waals surface area contributed by atoms with Crippen LogP contribution < -0.4 is 16.4 Å². The number of nitrogens with two attached hydrogens (primary N) is 1. The van der Waals surface area contributed by atoms with Crippen LogP contribution in [0.4, 0.5) is 11.4 Å². The Morgan fingerprint density at radius 1 is 1.45 bits per heavy atom. The minimum absolute atomic E-state index is 0.147. The van der Waals surface area contributed by atoms with Crippen LogP contribution in [0.1, 0.15) is 6.92 Å². The van der Waals surface area contributed by atoms with Gasteiger partial charge in [-0.1, -0.05) is 11.6 Å². The summed E-state index contributed by atoms with van der Waals surface area (Å²) in [5.74, 6) is -0.374. The van der Waals surface area contributed by atoms with Gasteiger partial charge >= 0.3 is 0 Å². The van der Waals surface area contributed by atoms with Gasteiger partial charge in [0, 0.05) is 12.7 Å². The largest absolute Gasteiger partial charge is 0.397 e. The Kier molecular flexibility index (Phi) is 5.79. The molecule has 0 aromatic heterocycles. The Hall–Kier alpha value is -1.79. The van der Waals surface area contributed by atoms with Gasteiger partial charge in [0.15, 0.2) is 0 Å².